The molecule has 3 rings (SSSR count). The third kappa shape index (κ3) is 3.37. The number of hydrogen-bond donors (Lipinski definition) is 1. The number of nitrogen functional groups attached to an aromatic ring is 1. The number of benzene rings is 1. The van der Waals surface area contributed by atoms with Crippen molar-refractivity contribution < 1.29 is 4.74 Å². The summed E-state index contributed by atoms with van der Waals surface area (Å²) in [5.74, 6) is 0. The zero-order chi connectivity index (χ0) is 15.4. The van der Waals surface area contributed by atoms with Gasteiger partial charge in [0.1, 0.15) is 0 Å². The maximum atomic E-state index is 12.0. The third-order valence-corrected chi connectivity index (χ3v) is 4.01. The Kier molecular flexibility index (Phi) is 4.56. The van der Waals surface area contributed by atoms with E-state index in [1.165, 1.54) is 5.56 Å². The molecule has 0 amide bonds. The van der Waals surface area contributed by atoms with E-state index in [1.807, 2.05) is 12.1 Å². The second kappa shape index (κ2) is 6.77. The van der Waals surface area contributed by atoms with Crippen LogP contribution in [-0.4, -0.2) is 42.3 Å². The molecule has 5 nitrogen and oxygen atoms in total. The Balaban J connectivity index is 1.67. The van der Waals surface area contributed by atoms with Gasteiger partial charge in [0.05, 0.1) is 18.9 Å². The average molecular weight is 299 g/mol. The van der Waals surface area contributed by atoms with Crippen molar-refractivity contribution in [2.45, 2.75) is 6.42 Å². The zero-order valence-electron chi connectivity index (χ0n) is 12.6. The van der Waals surface area contributed by atoms with Crippen molar-refractivity contribution in [2.24, 2.45) is 0 Å². The molecule has 0 atom stereocenters. The van der Waals surface area contributed by atoms with Crippen molar-refractivity contribution in [3.8, 4) is 5.69 Å². The summed E-state index contributed by atoms with van der Waals surface area (Å²) in [7, 11) is 0. The molecule has 0 aliphatic carbocycles. The summed E-state index contributed by atoms with van der Waals surface area (Å²) in [4.78, 5) is 14.4. The summed E-state index contributed by atoms with van der Waals surface area (Å²) in [6.07, 6.45) is 2.74. The minimum absolute atomic E-state index is 0.177. The van der Waals surface area contributed by atoms with Gasteiger partial charge in [-0.2, -0.15) is 0 Å². The van der Waals surface area contributed by atoms with Crippen LogP contribution in [0.15, 0.2) is 47.4 Å². The number of nitrogens with two attached hydrogens (primary N) is 1. The van der Waals surface area contributed by atoms with Crippen LogP contribution in [0.1, 0.15) is 5.56 Å². The van der Waals surface area contributed by atoms with Crippen molar-refractivity contribution in [1.82, 2.24) is 9.47 Å². The Morgan fingerprint density at radius 3 is 2.55 bits per heavy atom. The Labute approximate surface area is 129 Å². The molecule has 1 aromatic carbocycles. The number of pyridine rings is 1. The Hall–Kier alpha value is -2.11. The highest BCUT2D eigenvalue weighted by molar-refractivity contribution is 5.41. The van der Waals surface area contributed by atoms with Crippen molar-refractivity contribution in [2.75, 3.05) is 38.6 Å². The van der Waals surface area contributed by atoms with Gasteiger partial charge in [0, 0.05) is 31.5 Å². The number of nitrogens with zero attached hydrogens (tertiary/aromatic N) is 2. The molecule has 1 saturated heterocycles. The summed E-state index contributed by atoms with van der Waals surface area (Å²) >= 11 is 0. The monoisotopic (exact) mass is 299 g/mol. The maximum Gasteiger partial charge on any atom is 0.278 e. The van der Waals surface area contributed by atoms with E-state index in [0.29, 0.717) is 0 Å². The van der Waals surface area contributed by atoms with Crippen molar-refractivity contribution in [3.63, 3.8) is 0 Å². The highest BCUT2D eigenvalue weighted by Gasteiger charge is 2.10. The molecule has 116 valence electrons. The number of ether oxygens (including phenoxy) is 1. The predicted octanol–water partition coefficient (Wildman–Crippen LogP) is 1.29. The van der Waals surface area contributed by atoms with Gasteiger partial charge in [-0.05, 0) is 36.2 Å². The van der Waals surface area contributed by atoms with Gasteiger partial charge in [0.15, 0.2) is 0 Å². The SMILES string of the molecule is Nc1cccn(-c2ccc(CCN3CCOCC3)cc2)c1=O. The van der Waals surface area contributed by atoms with E-state index in [4.69, 9.17) is 10.5 Å². The van der Waals surface area contributed by atoms with Gasteiger partial charge in [-0.3, -0.25) is 14.3 Å². The Morgan fingerprint density at radius 2 is 1.82 bits per heavy atom. The van der Waals surface area contributed by atoms with Crippen LogP contribution in [0.5, 0.6) is 0 Å². The first-order valence-corrected chi connectivity index (χ1v) is 7.60. The van der Waals surface area contributed by atoms with E-state index < -0.39 is 0 Å². The van der Waals surface area contributed by atoms with Gasteiger partial charge < -0.3 is 10.5 Å². The largest absolute Gasteiger partial charge is 0.394 e. The molecule has 2 heterocycles. The van der Waals surface area contributed by atoms with Crippen LogP contribution < -0.4 is 11.3 Å². The summed E-state index contributed by atoms with van der Waals surface area (Å²) < 4.78 is 6.92. The Bertz CT molecular complexity index is 673. The van der Waals surface area contributed by atoms with Crippen LogP contribution >= 0.6 is 0 Å². The van der Waals surface area contributed by atoms with Crippen LogP contribution in [0.3, 0.4) is 0 Å². The number of morpholine rings is 1. The molecule has 0 unspecified atom stereocenters. The minimum atomic E-state index is -0.177. The molecule has 0 radical (unpaired) electrons. The first kappa shape index (κ1) is 14.8. The Morgan fingerprint density at radius 1 is 1.09 bits per heavy atom. The van der Waals surface area contributed by atoms with E-state index in [0.717, 1.165) is 45.0 Å². The molecule has 22 heavy (non-hydrogen) atoms. The van der Waals surface area contributed by atoms with Crippen LogP contribution in [0.25, 0.3) is 5.69 Å². The lowest BCUT2D eigenvalue weighted by molar-refractivity contribution is 0.0384. The molecule has 1 fully saturated rings. The zero-order valence-corrected chi connectivity index (χ0v) is 12.6. The van der Waals surface area contributed by atoms with Gasteiger partial charge in [-0.25, -0.2) is 0 Å². The highest BCUT2D eigenvalue weighted by atomic mass is 16.5. The van der Waals surface area contributed by atoms with Gasteiger partial charge in [0.2, 0.25) is 0 Å². The second-order valence-corrected chi connectivity index (χ2v) is 5.51. The van der Waals surface area contributed by atoms with Crippen LogP contribution in [0, 0.1) is 0 Å². The average Bonchev–Trinajstić information content (AvgIpc) is 2.57. The molecule has 1 aliphatic rings. The van der Waals surface area contributed by atoms with Gasteiger partial charge in [-0.1, -0.05) is 12.1 Å². The molecular weight excluding hydrogens is 278 g/mol. The normalized spacial score (nSPS) is 15.8. The summed E-state index contributed by atoms with van der Waals surface area (Å²) in [5.41, 5.74) is 7.87. The van der Waals surface area contributed by atoms with Gasteiger partial charge >= 0.3 is 0 Å². The fourth-order valence-electron chi connectivity index (χ4n) is 2.65. The van der Waals surface area contributed by atoms with Crippen LogP contribution in [-0.2, 0) is 11.2 Å². The maximum absolute atomic E-state index is 12.0. The van der Waals surface area contributed by atoms with Gasteiger partial charge in [-0.15, -0.1) is 0 Å². The first-order valence-electron chi connectivity index (χ1n) is 7.60. The molecule has 0 saturated carbocycles. The fraction of sp³-hybridized carbons (Fsp3) is 0.353. The molecule has 5 heteroatoms. The minimum Gasteiger partial charge on any atom is -0.394 e. The lowest BCUT2D eigenvalue weighted by Crippen LogP contribution is -2.37. The summed E-state index contributed by atoms with van der Waals surface area (Å²) in [6.45, 7) is 4.73. The molecular formula is C17H21N3O2. The molecule has 0 spiro atoms. The van der Waals surface area contributed by atoms with E-state index >= 15 is 0 Å². The van der Waals surface area contributed by atoms with E-state index in [2.05, 4.69) is 17.0 Å². The molecule has 0 bridgehead atoms. The van der Waals surface area contributed by atoms with E-state index in [9.17, 15) is 4.79 Å². The standard InChI is InChI=1S/C17H21N3O2/c18-16-2-1-8-20(17(16)21)15-5-3-14(4-6-15)7-9-19-10-12-22-13-11-19/h1-6,8H,7,9-13,18H2. The van der Waals surface area contributed by atoms with Crippen LogP contribution in [0.4, 0.5) is 5.69 Å². The topological polar surface area (TPSA) is 60.5 Å². The third-order valence-electron chi connectivity index (χ3n) is 4.01. The second-order valence-electron chi connectivity index (χ2n) is 5.51. The van der Waals surface area contributed by atoms with Crippen molar-refractivity contribution in [1.29, 1.82) is 0 Å². The number of aromatic nitrogens is 1. The lowest BCUT2D eigenvalue weighted by atomic mass is 10.1. The van der Waals surface area contributed by atoms with Crippen LogP contribution in [0.2, 0.25) is 0 Å². The van der Waals surface area contributed by atoms with Crippen molar-refractivity contribution in [3.05, 3.63) is 58.5 Å². The van der Waals surface area contributed by atoms with E-state index in [1.54, 1.807) is 22.9 Å². The fourth-order valence-corrected chi connectivity index (χ4v) is 2.65. The summed E-state index contributed by atoms with van der Waals surface area (Å²) in [6, 6.07) is 11.5. The van der Waals surface area contributed by atoms with Gasteiger partial charge in [0.25, 0.3) is 5.56 Å². The smallest absolute Gasteiger partial charge is 0.278 e. The number of anilines is 1. The first-order chi connectivity index (χ1) is 10.7. The quantitative estimate of drug-likeness (QED) is 0.924. The number of hydrogen-bond acceptors (Lipinski definition) is 4. The predicted molar refractivity (Wildman–Crippen MR) is 87.4 cm³/mol. The molecule has 1 aromatic heterocycles. The lowest BCUT2D eigenvalue weighted by Gasteiger charge is -2.26. The van der Waals surface area contributed by atoms with Crippen molar-refractivity contribution >= 4 is 5.69 Å². The highest BCUT2D eigenvalue weighted by Crippen LogP contribution is 2.10. The number of rotatable bonds is 4. The molecule has 2 N–H and O–H groups in total. The molecule has 2 aromatic rings. The molecule has 1 aliphatic heterocycles. The van der Waals surface area contributed by atoms with E-state index in [-0.39, 0.29) is 11.2 Å². The summed E-state index contributed by atoms with van der Waals surface area (Å²) in [5, 5.41) is 0.